The summed E-state index contributed by atoms with van der Waals surface area (Å²) >= 11 is 3.29. The zero-order valence-electron chi connectivity index (χ0n) is 25.0. The number of ketones is 2. The van der Waals surface area contributed by atoms with Gasteiger partial charge in [0.05, 0.1) is 11.6 Å². The Balaban J connectivity index is 0.000000359. The fourth-order valence-electron chi connectivity index (χ4n) is 5.21. The molecule has 2 atom stereocenters. The normalized spacial score (nSPS) is 16.0. The molecule has 4 heterocycles. The SMILES string of the molecule is CC(=O)c1ncc(-c2cc(C)c3c(c2)c(C(C)=O)nn3CC(=O)N2CC(C)CC2C=O)cn1.CNc1nc(Br)ccc1C. The molecule has 1 aliphatic heterocycles. The lowest BCUT2D eigenvalue weighted by molar-refractivity contribution is -0.135. The molecule has 0 spiro atoms. The van der Waals surface area contributed by atoms with Crippen molar-refractivity contribution in [3.63, 3.8) is 0 Å². The Hall–Kier alpha value is -4.32. The van der Waals surface area contributed by atoms with Crippen LogP contribution < -0.4 is 5.32 Å². The van der Waals surface area contributed by atoms with Crippen LogP contribution in [0.15, 0.2) is 41.3 Å². The lowest BCUT2D eigenvalue weighted by Gasteiger charge is -2.20. The van der Waals surface area contributed by atoms with E-state index in [0.29, 0.717) is 29.4 Å². The highest BCUT2D eigenvalue weighted by Gasteiger charge is 2.33. The van der Waals surface area contributed by atoms with Gasteiger partial charge in [0, 0.05) is 50.8 Å². The topological polar surface area (TPSA) is 140 Å². The number of nitrogens with zero attached hydrogens (tertiary/aromatic N) is 6. The Bertz CT molecular complexity index is 1700. The molecule has 1 saturated heterocycles. The third-order valence-electron chi connectivity index (χ3n) is 7.28. The average molecular weight is 649 g/mol. The molecule has 3 aromatic heterocycles. The molecule has 1 fully saturated rings. The number of fused-ring (bicyclic) bond motifs is 1. The minimum absolute atomic E-state index is 0.0581. The van der Waals surface area contributed by atoms with Crippen molar-refractivity contribution in [2.75, 3.05) is 18.9 Å². The Kier molecular flexibility index (Phi) is 9.80. The molecule has 1 aromatic carbocycles. The standard InChI is InChI=1S/C24H25N5O4.C7H9BrN2/c1-13-5-19(12-30)28(10-13)21(33)11-29-23-14(2)6-17(7-20(23)22(27-29)15(3)31)18-8-25-24(16(4)32)26-9-18;1-5-3-4-6(8)10-7(5)9-2/h6-9,12-13,19H,5,10-11H2,1-4H3;3-4H,1-2H3,(H,9,10). The highest BCUT2D eigenvalue weighted by atomic mass is 79.9. The molecule has 0 aliphatic carbocycles. The van der Waals surface area contributed by atoms with E-state index >= 15 is 0 Å². The monoisotopic (exact) mass is 647 g/mol. The molecular weight excluding hydrogens is 614 g/mol. The number of nitrogens with one attached hydrogen (secondary N) is 1. The number of Topliss-reactive ketones (excluding diaryl/α,β-unsaturated/α-hetero) is 2. The summed E-state index contributed by atoms with van der Waals surface area (Å²) in [6, 6.07) is 7.25. The second-order valence-electron chi connectivity index (χ2n) is 10.7. The minimum atomic E-state index is -0.424. The molecule has 1 amide bonds. The highest BCUT2D eigenvalue weighted by molar-refractivity contribution is 9.10. The van der Waals surface area contributed by atoms with Gasteiger partial charge in [-0.2, -0.15) is 5.10 Å². The Morgan fingerprint density at radius 2 is 1.74 bits per heavy atom. The van der Waals surface area contributed by atoms with Gasteiger partial charge >= 0.3 is 0 Å². The molecule has 12 heteroatoms. The maximum Gasteiger partial charge on any atom is 0.244 e. The van der Waals surface area contributed by atoms with Crippen molar-refractivity contribution in [2.45, 2.75) is 53.6 Å². The number of aromatic nitrogens is 5. The van der Waals surface area contributed by atoms with Gasteiger partial charge in [0.15, 0.2) is 17.4 Å². The van der Waals surface area contributed by atoms with Gasteiger partial charge in [-0.15, -0.1) is 0 Å². The third kappa shape index (κ3) is 7.02. The van der Waals surface area contributed by atoms with E-state index in [-0.39, 0.29) is 41.5 Å². The highest BCUT2D eigenvalue weighted by Crippen LogP contribution is 2.30. The molecule has 43 heavy (non-hydrogen) atoms. The van der Waals surface area contributed by atoms with E-state index in [0.717, 1.165) is 33.4 Å². The molecule has 5 rings (SSSR count). The summed E-state index contributed by atoms with van der Waals surface area (Å²) < 4.78 is 2.41. The van der Waals surface area contributed by atoms with Crippen LogP contribution in [0.25, 0.3) is 22.0 Å². The molecule has 0 saturated carbocycles. The number of carbonyl (C=O) groups is 4. The van der Waals surface area contributed by atoms with Gasteiger partial charge in [0.2, 0.25) is 5.91 Å². The summed E-state index contributed by atoms with van der Waals surface area (Å²) in [5.74, 6) is 0.681. The van der Waals surface area contributed by atoms with Crippen LogP contribution in [0.4, 0.5) is 5.82 Å². The zero-order chi connectivity index (χ0) is 31.4. The van der Waals surface area contributed by atoms with Crippen LogP contribution in [0.2, 0.25) is 0 Å². The second kappa shape index (κ2) is 13.3. The van der Waals surface area contributed by atoms with Crippen molar-refractivity contribution in [1.82, 2.24) is 29.6 Å². The Morgan fingerprint density at radius 3 is 2.33 bits per heavy atom. The average Bonchev–Trinajstić information content (AvgIpc) is 3.55. The van der Waals surface area contributed by atoms with Crippen molar-refractivity contribution in [2.24, 2.45) is 5.92 Å². The molecule has 11 nitrogen and oxygen atoms in total. The van der Waals surface area contributed by atoms with Crippen LogP contribution in [-0.2, 0) is 16.1 Å². The van der Waals surface area contributed by atoms with Gasteiger partial charge in [-0.25, -0.2) is 15.0 Å². The number of aldehydes is 1. The maximum absolute atomic E-state index is 13.0. The Labute approximate surface area is 258 Å². The van der Waals surface area contributed by atoms with Crippen molar-refractivity contribution < 1.29 is 19.2 Å². The predicted molar refractivity (Wildman–Crippen MR) is 167 cm³/mol. The number of hydrogen-bond acceptors (Lipinski definition) is 9. The summed E-state index contributed by atoms with van der Waals surface area (Å²) in [7, 11) is 1.86. The number of carbonyl (C=O) groups excluding carboxylic acids is 4. The molecular formula is C31H34BrN7O4. The van der Waals surface area contributed by atoms with Gasteiger partial charge < -0.3 is 15.0 Å². The number of halogens is 1. The van der Waals surface area contributed by atoms with Crippen molar-refractivity contribution >= 4 is 56.4 Å². The molecule has 0 bridgehead atoms. The molecule has 0 radical (unpaired) electrons. The second-order valence-corrected chi connectivity index (χ2v) is 11.6. The number of anilines is 1. The van der Waals surface area contributed by atoms with E-state index in [1.165, 1.54) is 13.8 Å². The van der Waals surface area contributed by atoms with E-state index in [1.54, 1.807) is 22.0 Å². The first-order valence-corrected chi connectivity index (χ1v) is 14.6. The van der Waals surface area contributed by atoms with E-state index in [4.69, 9.17) is 0 Å². The zero-order valence-corrected chi connectivity index (χ0v) is 26.6. The molecule has 2 unspecified atom stereocenters. The number of aryl methyl sites for hydroxylation is 2. The lowest BCUT2D eigenvalue weighted by Crippen LogP contribution is -2.39. The third-order valence-corrected chi connectivity index (χ3v) is 7.72. The first-order valence-electron chi connectivity index (χ1n) is 13.8. The summed E-state index contributed by atoms with van der Waals surface area (Å²) in [5, 5.41) is 8.08. The number of rotatable bonds is 7. The van der Waals surface area contributed by atoms with Gasteiger partial charge in [0.1, 0.15) is 28.9 Å². The summed E-state index contributed by atoms with van der Waals surface area (Å²) in [6.45, 7) is 9.23. The number of likely N-dealkylation sites (tertiary alicyclic amines) is 1. The molecule has 224 valence electrons. The number of benzene rings is 1. The van der Waals surface area contributed by atoms with Crippen LogP contribution in [0, 0.1) is 19.8 Å². The van der Waals surface area contributed by atoms with Crippen LogP contribution in [0.5, 0.6) is 0 Å². The summed E-state index contributed by atoms with van der Waals surface area (Å²) in [5.41, 5.74) is 4.42. The van der Waals surface area contributed by atoms with E-state index in [2.05, 4.69) is 41.3 Å². The smallest absolute Gasteiger partial charge is 0.244 e. The van der Waals surface area contributed by atoms with E-state index in [9.17, 15) is 19.2 Å². The maximum atomic E-state index is 13.0. The van der Waals surface area contributed by atoms with Crippen LogP contribution in [0.1, 0.15) is 59.4 Å². The number of amides is 1. The number of hydrogen-bond donors (Lipinski definition) is 1. The van der Waals surface area contributed by atoms with Gasteiger partial charge in [-0.3, -0.25) is 19.1 Å². The predicted octanol–water partition coefficient (Wildman–Crippen LogP) is 4.84. The van der Waals surface area contributed by atoms with Crippen LogP contribution in [-0.4, -0.2) is 73.0 Å². The van der Waals surface area contributed by atoms with Gasteiger partial charge in [-0.1, -0.05) is 13.0 Å². The largest absolute Gasteiger partial charge is 0.373 e. The van der Waals surface area contributed by atoms with Crippen molar-refractivity contribution in [1.29, 1.82) is 0 Å². The lowest BCUT2D eigenvalue weighted by atomic mass is 10.0. The van der Waals surface area contributed by atoms with Crippen molar-refractivity contribution in [3.05, 3.63) is 63.9 Å². The summed E-state index contributed by atoms with van der Waals surface area (Å²) in [4.78, 5) is 62.3. The molecule has 4 aromatic rings. The quantitative estimate of drug-likeness (QED) is 0.169. The first-order chi connectivity index (χ1) is 20.4. The molecule has 1 N–H and O–H groups in total. The van der Waals surface area contributed by atoms with E-state index in [1.807, 2.05) is 52.1 Å². The van der Waals surface area contributed by atoms with E-state index < -0.39 is 6.04 Å². The van der Waals surface area contributed by atoms with Gasteiger partial charge in [0.25, 0.3) is 0 Å². The van der Waals surface area contributed by atoms with Crippen molar-refractivity contribution in [3.8, 4) is 11.1 Å². The number of pyridine rings is 1. The van der Waals surface area contributed by atoms with Crippen LogP contribution >= 0.6 is 15.9 Å². The fraction of sp³-hybridized carbons (Fsp3) is 0.355. The minimum Gasteiger partial charge on any atom is -0.373 e. The first kappa shape index (κ1) is 31.6. The van der Waals surface area contributed by atoms with Crippen LogP contribution in [0.3, 0.4) is 0 Å². The fourth-order valence-corrected chi connectivity index (χ4v) is 5.51. The summed E-state index contributed by atoms with van der Waals surface area (Å²) in [6.07, 6.45) is 4.61. The van der Waals surface area contributed by atoms with Gasteiger partial charge in [-0.05, 0) is 77.0 Å². The molecule has 1 aliphatic rings. The Morgan fingerprint density at radius 1 is 1.05 bits per heavy atom.